The minimum atomic E-state index is -3.12. The number of rotatable bonds is 8. The van der Waals surface area contributed by atoms with Crippen LogP contribution in [-0.2, 0) is 9.84 Å². The monoisotopic (exact) mass is 439 g/mol. The zero-order valence-corrected chi connectivity index (χ0v) is 18.2. The summed E-state index contributed by atoms with van der Waals surface area (Å²) in [7, 11) is -3.12. The van der Waals surface area contributed by atoms with Crippen LogP contribution in [-0.4, -0.2) is 72.8 Å². The molecule has 0 N–H and O–H groups in total. The van der Waals surface area contributed by atoms with Crippen molar-refractivity contribution >= 4 is 42.9 Å². The van der Waals surface area contributed by atoms with Crippen LogP contribution in [0.25, 0.3) is 10.1 Å². The van der Waals surface area contributed by atoms with E-state index >= 15 is 0 Å². The van der Waals surface area contributed by atoms with Crippen LogP contribution in [0.2, 0.25) is 0 Å². The van der Waals surface area contributed by atoms with Gasteiger partial charge in [-0.15, -0.1) is 11.3 Å². The molecule has 2 heterocycles. The maximum Gasteiger partial charge on any atom is 0.270 e. The second kappa shape index (κ2) is 8.76. The number of fused-ring (bicyclic) bond motifs is 1. The van der Waals surface area contributed by atoms with E-state index < -0.39 is 14.8 Å². The number of carbonyl (C=O) groups excluding carboxylic acids is 1. The van der Waals surface area contributed by atoms with Gasteiger partial charge in [-0.1, -0.05) is 13.8 Å². The van der Waals surface area contributed by atoms with Gasteiger partial charge >= 0.3 is 0 Å². The van der Waals surface area contributed by atoms with Crippen molar-refractivity contribution in [2.45, 2.75) is 26.3 Å². The number of nitrogens with zero attached hydrogens (tertiary/aromatic N) is 3. The van der Waals surface area contributed by atoms with Gasteiger partial charge in [-0.3, -0.25) is 14.9 Å². The number of carbonyl (C=O) groups is 1. The average Bonchev–Trinajstić information content (AvgIpc) is 3.27. The highest BCUT2D eigenvalue weighted by Gasteiger charge is 2.35. The molecule has 3 rings (SSSR count). The summed E-state index contributed by atoms with van der Waals surface area (Å²) in [5.74, 6) is -0.110. The Morgan fingerprint density at radius 3 is 2.55 bits per heavy atom. The minimum Gasteiger partial charge on any atom is -0.333 e. The molecule has 0 bridgehead atoms. The summed E-state index contributed by atoms with van der Waals surface area (Å²) in [6, 6.07) is 5.87. The Balaban J connectivity index is 1.88. The van der Waals surface area contributed by atoms with Gasteiger partial charge in [0.2, 0.25) is 0 Å². The van der Waals surface area contributed by atoms with E-state index in [2.05, 4.69) is 18.7 Å². The van der Waals surface area contributed by atoms with Crippen molar-refractivity contribution in [3.8, 4) is 0 Å². The molecule has 1 aliphatic heterocycles. The highest BCUT2D eigenvalue weighted by Crippen LogP contribution is 2.31. The van der Waals surface area contributed by atoms with Gasteiger partial charge in [0, 0.05) is 41.4 Å². The highest BCUT2D eigenvalue weighted by atomic mass is 32.2. The number of nitro groups is 1. The van der Waals surface area contributed by atoms with Crippen LogP contribution in [0.4, 0.5) is 5.69 Å². The summed E-state index contributed by atoms with van der Waals surface area (Å²) in [6.07, 6.45) is 0.447. The average molecular weight is 440 g/mol. The van der Waals surface area contributed by atoms with E-state index in [1.165, 1.54) is 23.5 Å². The number of nitro benzene ring substituents is 1. The summed E-state index contributed by atoms with van der Waals surface area (Å²) >= 11 is 1.28. The van der Waals surface area contributed by atoms with E-state index in [0.717, 1.165) is 17.8 Å². The van der Waals surface area contributed by atoms with Crippen molar-refractivity contribution < 1.29 is 18.1 Å². The van der Waals surface area contributed by atoms with Crippen LogP contribution < -0.4 is 0 Å². The number of amides is 1. The molecule has 0 spiro atoms. The van der Waals surface area contributed by atoms with Crippen LogP contribution in [0.15, 0.2) is 24.3 Å². The van der Waals surface area contributed by atoms with Crippen LogP contribution in [0.3, 0.4) is 0 Å². The SMILES string of the molecule is CCN(CC)CCN(C(=O)c1cc2cc([N+](=O)[O-])ccc2s1)C1CCS(=O)(=O)C1. The lowest BCUT2D eigenvalue weighted by molar-refractivity contribution is -0.384. The van der Waals surface area contributed by atoms with Crippen molar-refractivity contribution in [1.29, 1.82) is 0 Å². The molecule has 10 heteroatoms. The van der Waals surface area contributed by atoms with Gasteiger partial charge in [0.1, 0.15) is 0 Å². The minimum absolute atomic E-state index is 0.00659. The largest absolute Gasteiger partial charge is 0.333 e. The molecule has 1 aromatic heterocycles. The zero-order valence-electron chi connectivity index (χ0n) is 16.5. The molecule has 0 saturated carbocycles. The van der Waals surface area contributed by atoms with Crippen molar-refractivity contribution in [2.24, 2.45) is 0 Å². The molecular formula is C19H25N3O5S2. The lowest BCUT2D eigenvalue weighted by Crippen LogP contribution is -2.45. The molecule has 2 aromatic rings. The quantitative estimate of drug-likeness (QED) is 0.463. The predicted molar refractivity (Wildman–Crippen MR) is 114 cm³/mol. The molecule has 0 radical (unpaired) electrons. The van der Waals surface area contributed by atoms with E-state index in [4.69, 9.17) is 0 Å². The van der Waals surface area contributed by atoms with Gasteiger partial charge in [0.15, 0.2) is 9.84 Å². The maximum absolute atomic E-state index is 13.3. The van der Waals surface area contributed by atoms with Gasteiger partial charge < -0.3 is 9.80 Å². The molecular weight excluding hydrogens is 414 g/mol. The first-order valence-electron chi connectivity index (χ1n) is 9.65. The highest BCUT2D eigenvalue weighted by molar-refractivity contribution is 7.91. The molecule has 1 unspecified atom stereocenters. The second-order valence-corrected chi connectivity index (χ2v) is 10.5. The van der Waals surface area contributed by atoms with Gasteiger partial charge in [0.25, 0.3) is 11.6 Å². The molecule has 1 atom stereocenters. The summed E-state index contributed by atoms with van der Waals surface area (Å²) in [6.45, 7) is 6.94. The lowest BCUT2D eigenvalue weighted by Gasteiger charge is -2.30. The fourth-order valence-electron chi connectivity index (χ4n) is 3.65. The summed E-state index contributed by atoms with van der Waals surface area (Å²) in [5.41, 5.74) is -0.0189. The van der Waals surface area contributed by atoms with Crippen molar-refractivity contribution in [1.82, 2.24) is 9.80 Å². The molecule has 8 nitrogen and oxygen atoms in total. The molecule has 1 fully saturated rings. The van der Waals surface area contributed by atoms with E-state index in [1.54, 1.807) is 17.0 Å². The van der Waals surface area contributed by atoms with E-state index in [0.29, 0.717) is 29.8 Å². The topological polar surface area (TPSA) is 101 Å². The molecule has 1 amide bonds. The Bertz CT molecular complexity index is 1010. The first kappa shape index (κ1) is 21.7. The number of thiophene rings is 1. The van der Waals surface area contributed by atoms with Gasteiger partial charge in [-0.2, -0.15) is 0 Å². The summed E-state index contributed by atoms with van der Waals surface area (Å²) < 4.78 is 24.8. The molecule has 0 aliphatic carbocycles. The van der Waals surface area contributed by atoms with Crippen LogP contribution in [0.5, 0.6) is 0 Å². The second-order valence-electron chi connectivity index (χ2n) is 7.17. The van der Waals surface area contributed by atoms with E-state index in [1.807, 2.05) is 0 Å². The van der Waals surface area contributed by atoms with Gasteiger partial charge in [-0.05, 0) is 31.6 Å². The van der Waals surface area contributed by atoms with Gasteiger partial charge in [-0.25, -0.2) is 8.42 Å². The van der Waals surface area contributed by atoms with Gasteiger partial charge in [0.05, 0.1) is 21.3 Å². The Kier molecular flexibility index (Phi) is 6.55. The number of sulfone groups is 1. The normalized spacial score (nSPS) is 18.4. The number of benzene rings is 1. The van der Waals surface area contributed by atoms with Crippen LogP contribution in [0.1, 0.15) is 29.9 Å². The third kappa shape index (κ3) is 4.93. The van der Waals surface area contributed by atoms with Crippen LogP contribution in [0, 0.1) is 10.1 Å². The predicted octanol–water partition coefficient (Wildman–Crippen LogP) is 2.78. The Morgan fingerprint density at radius 1 is 1.24 bits per heavy atom. The first-order valence-corrected chi connectivity index (χ1v) is 12.3. The summed E-state index contributed by atoms with van der Waals surface area (Å²) in [4.78, 5) is 28.2. The lowest BCUT2D eigenvalue weighted by atomic mass is 10.2. The molecule has 29 heavy (non-hydrogen) atoms. The zero-order chi connectivity index (χ0) is 21.2. The smallest absolute Gasteiger partial charge is 0.270 e. The first-order chi connectivity index (χ1) is 13.7. The van der Waals surface area contributed by atoms with Crippen molar-refractivity contribution in [2.75, 3.05) is 37.7 Å². The number of hydrogen-bond donors (Lipinski definition) is 0. The fraction of sp³-hybridized carbons (Fsp3) is 0.526. The molecule has 1 saturated heterocycles. The van der Waals surface area contributed by atoms with Crippen LogP contribution >= 0.6 is 11.3 Å². The molecule has 1 aliphatic rings. The van der Waals surface area contributed by atoms with Crippen molar-refractivity contribution in [3.63, 3.8) is 0 Å². The van der Waals surface area contributed by atoms with E-state index in [9.17, 15) is 23.3 Å². The molecule has 158 valence electrons. The maximum atomic E-state index is 13.3. The Hall–Kier alpha value is -2.04. The number of likely N-dealkylation sites (N-methyl/N-ethyl adjacent to an activating group) is 1. The van der Waals surface area contributed by atoms with Crippen molar-refractivity contribution in [3.05, 3.63) is 39.3 Å². The third-order valence-corrected chi connectivity index (χ3v) is 8.24. The Morgan fingerprint density at radius 2 is 1.97 bits per heavy atom. The third-order valence-electron chi connectivity index (χ3n) is 5.38. The van der Waals surface area contributed by atoms with E-state index in [-0.39, 0.29) is 29.1 Å². The number of non-ortho nitro benzene ring substituents is 1. The Labute approximate surface area is 174 Å². The number of hydrogen-bond acceptors (Lipinski definition) is 7. The summed E-state index contributed by atoms with van der Waals surface area (Å²) in [5, 5.41) is 11.7. The fourth-order valence-corrected chi connectivity index (χ4v) is 6.38. The standard InChI is InChI=1S/C19H25N3O5S2/c1-3-20(4-2)8-9-21(16-7-10-29(26,27)13-16)19(23)18-12-14-11-15(22(24)25)5-6-17(14)28-18/h5-6,11-12,16H,3-4,7-10,13H2,1-2H3. The molecule has 1 aromatic carbocycles.